The molecule has 0 fully saturated rings. The second-order valence-corrected chi connectivity index (χ2v) is 4.95. The van der Waals surface area contributed by atoms with Crippen LogP contribution in [0.5, 0.6) is 5.75 Å². The first kappa shape index (κ1) is 9.23. The molecule has 1 aromatic carbocycles. The zero-order chi connectivity index (χ0) is 11.4. The molecule has 1 aliphatic heterocycles. The van der Waals surface area contributed by atoms with E-state index in [1.54, 1.807) is 6.07 Å². The first-order chi connectivity index (χ1) is 8.33. The van der Waals surface area contributed by atoms with E-state index in [9.17, 15) is 5.11 Å². The first-order valence-corrected chi connectivity index (χ1v) is 6.10. The number of aromatic hydroxyl groups is 1. The summed E-state index contributed by atoms with van der Waals surface area (Å²) in [4.78, 5) is 4.55. The van der Waals surface area contributed by atoms with Gasteiger partial charge in [0, 0.05) is 24.1 Å². The molecule has 0 bridgehead atoms. The van der Waals surface area contributed by atoms with Crippen LogP contribution in [-0.2, 0) is 0 Å². The molecule has 4 rings (SSSR count). The van der Waals surface area contributed by atoms with E-state index in [1.807, 2.05) is 12.1 Å². The van der Waals surface area contributed by atoms with Gasteiger partial charge in [-0.25, -0.2) is 0 Å². The van der Waals surface area contributed by atoms with E-state index in [-0.39, 0.29) is 0 Å². The number of phenolic OH excluding ortho intramolecular Hbond substituents is 1. The van der Waals surface area contributed by atoms with Crippen LogP contribution in [-0.4, -0.2) is 17.4 Å². The highest BCUT2D eigenvalue weighted by Crippen LogP contribution is 2.36. The molecule has 2 aliphatic carbocycles. The van der Waals surface area contributed by atoms with Crippen molar-refractivity contribution in [3.63, 3.8) is 0 Å². The van der Waals surface area contributed by atoms with Crippen LogP contribution in [0.2, 0.25) is 0 Å². The predicted octanol–water partition coefficient (Wildman–Crippen LogP) is 0.984. The van der Waals surface area contributed by atoms with Gasteiger partial charge in [0.2, 0.25) is 0 Å². The van der Waals surface area contributed by atoms with Gasteiger partial charge in [-0.2, -0.15) is 0 Å². The topological polar surface area (TPSA) is 32.6 Å². The minimum Gasteiger partial charge on any atom is -0.508 e. The molecule has 0 radical (unpaired) electrons. The van der Waals surface area contributed by atoms with E-state index in [1.165, 1.54) is 21.7 Å². The van der Waals surface area contributed by atoms with Gasteiger partial charge in [0.15, 0.2) is 0 Å². The zero-order valence-electron chi connectivity index (χ0n) is 9.43. The Hall–Kier alpha value is -1.83. The van der Waals surface area contributed by atoms with Gasteiger partial charge in [-0.1, -0.05) is 18.2 Å². The Morgan fingerprint density at radius 2 is 2.18 bits per heavy atom. The first-order valence-electron chi connectivity index (χ1n) is 6.10. The van der Waals surface area contributed by atoms with E-state index < -0.39 is 0 Å². The number of allylic oxidation sites excluding steroid dienone is 2. The SMILES string of the molecule is Oc1ccc2c(c1)=C1C=CC3=NCCC3C1C=2. The molecule has 2 unspecified atom stereocenters. The van der Waals surface area contributed by atoms with Crippen LogP contribution in [0.15, 0.2) is 35.3 Å². The number of aliphatic imine (C=N–C) groups is 1. The van der Waals surface area contributed by atoms with Gasteiger partial charge in [-0.3, -0.25) is 4.99 Å². The highest BCUT2D eigenvalue weighted by Gasteiger charge is 2.33. The molecular weight excluding hydrogens is 210 g/mol. The Morgan fingerprint density at radius 1 is 1.24 bits per heavy atom. The van der Waals surface area contributed by atoms with Crippen molar-refractivity contribution in [3.8, 4) is 5.75 Å². The highest BCUT2D eigenvalue weighted by atomic mass is 16.3. The third-order valence-corrected chi connectivity index (χ3v) is 4.05. The molecular formula is C15H13NO. The van der Waals surface area contributed by atoms with Gasteiger partial charge in [0.25, 0.3) is 0 Å². The van der Waals surface area contributed by atoms with Crippen LogP contribution >= 0.6 is 0 Å². The monoisotopic (exact) mass is 223 g/mol. The summed E-state index contributed by atoms with van der Waals surface area (Å²) in [5.74, 6) is 1.38. The second kappa shape index (κ2) is 3.10. The van der Waals surface area contributed by atoms with Crippen LogP contribution in [0.25, 0.3) is 11.6 Å². The van der Waals surface area contributed by atoms with Crippen LogP contribution in [0, 0.1) is 11.8 Å². The molecule has 0 saturated heterocycles. The number of nitrogens with zero attached hydrogens (tertiary/aromatic N) is 1. The van der Waals surface area contributed by atoms with Crippen molar-refractivity contribution in [1.82, 2.24) is 0 Å². The van der Waals surface area contributed by atoms with Crippen molar-refractivity contribution in [3.05, 3.63) is 40.8 Å². The third kappa shape index (κ3) is 1.18. The highest BCUT2D eigenvalue weighted by molar-refractivity contribution is 6.04. The molecule has 1 aromatic rings. The van der Waals surface area contributed by atoms with Gasteiger partial charge in [-0.15, -0.1) is 0 Å². The summed E-state index contributed by atoms with van der Waals surface area (Å²) in [6.07, 6.45) is 7.81. The fourth-order valence-electron chi connectivity index (χ4n) is 3.25. The summed E-state index contributed by atoms with van der Waals surface area (Å²) >= 11 is 0. The van der Waals surface area contributed by atoms with Crippen molar-refractivity contribution < 1.29 is 5.11 Å². The van der Waals surface area contributed by atoms with Gasteiger partial charge >= 0.3 is 0 Å². The normalized spacial score (nSPS) is 28.2. The summed E-state index contributed by atoms with van der Waals surface area (Å²) in [6, 6.07) is 5.65. The van der Waals surface area contributed by atoms with Gasteiger partial charge in [0.05, 0.1) is 0 Å². The number of hydrogen-bond acceptors (Lipinski definition) is 2. The minimum atomic E-state index is 0.351. The van der Waals surface area contributed by atoms with E-state index >= 15 is 0 Å². The molecule has 1 heterocycles. The average molecular weight is 223 g/mol. The van der Waals surface area contributed by atoms with Gasteiger partial charge in [0.1, 0.15) is 5.75 Å². The van der Waals surface area contributed by atoms with E-state index in [4.69, 9.17) is 0 Å². The molecule has 17 heavy (non-hydrogen) atoms. The maximum Gasteiger partial charge on any atom is 0.116 e. The van der Waals surface area contributed by atoms with E-state index in [2.05, 4.69) is 23.2 Å². The van der Waals surface area contributed by atoms with Crippen molar-refractivity contribution >= 4 is 17.4 Å². The molecule has 1 N–H and O–H groups in total. The van der Waals surface area contributed by atoms with Crippen LogP contribution in [0.3, 0.4) is 0 Å². The summed E-state index contributed by atoms with van der Waals surface area (Å²) in [5, 5.41) is 12.0. The summed E-state index contributed by atoms with van der Waals surface area (Å²) in [5.41, 5.74) is 2.61. The largest absolute Gasteiger partial charge is 0.508 e. The lowest BCUT2D eigenvalue weighted by Gasteiger charge is -2.23. The fourth-order valence-corrected chi connectivity index (χ4v) is 3.25. The molecule has 2 nitrogen and oxygen atoms in total. The Balaban J connectivity index is 2.01. The molecule has 0 amide bonds. The molecule has 84 valence electrons. The molecule has 2 atom stereocenters. The maximum absolute atomic E-state index is 9.60. The summed E-state index contributed by atoms with van der Waals surface area (Å²) in [7, 11) is 0. The minimum absolute atomic E-state index is 0.351. The van der Waals surface area contributed by atoms with Crippen molar-refractivity contribution in [2.24, 2.45) is 16.8 Å². The molecule has 0 saturated carbocycles. The quantitative estimate of drug-likeness (QED) is 0.699. The predicted molar refractivity (Wildman–Crippen MR) is 68.3 cm³/mol. The number of benzene rings is 1. The lowest BCUT2D eigenvalue weighted by atomic mass is 9.79. The standard InChI is InChI=1S/C15H13NO/c17-10-2-1-9-7-14-11(13(9)8-10)3-4-15-12(14)5-6-16-15/h1-4,7-8,12,14,17H,5-6H2. The summed E-state index contributed by atoms with van der Waals surface area (Å²) in [6.45, 7) is 0.962. The maximum atomic E-state index is 9.60. The zero-order valence-corrected chi connectivity index (χ0v) is 9.43. The molecule has 3 aliphatic rings. The summed E-state index contributed by atoms with van der Waals surface area (Å²) < 4.78 is 0. The van der Waals surface area contributed by atoms with Crippen molar-refractivity contribution in [2.45, 2.75) is 6.42 Å². The second-order valence-electron chi connectivity index (χ2n) is 4.95. The lowest BCUT2D eigenvalue weighted by Crippen LogP contribution is -2.24. The van der Waals surface area contributed by atoms with Crippen LogP contribution in [0.1, 0.15) is 6.42 Å². The number of phenols is 1. The lowest BCUT2D eigenvalue weighted by molar-refractivity contribution is 0.474. The Kier molecular flexibility index (Phi) is 1.68. The van der Waals surface area contributed by atoms with E-state index in [0.29, 0.717) is 17.6 Å². The average Bonchev–Trinajstić information content (AvgIpc) is 2.91. The number of fused-ring (bicyclic) bond motifs is 4. The Bertz CT molecular complexity index is 681. The van der Waals surface area contributed by atoms with E-state index in [0.717, 1.165) is 13.0 Å². The molecule has 0 spiro atoms. The molecule has 2 heteroatoms. The number of rotatable bonds is 0. The smallest absolute Gasteiger partial charge is 0.116 e. The Labute approximate surface area is 99.3 Å². The van der Waals surface area contributed by atoms with Gasteiger partial charge in [-0.05, 0) is 40.6 Å². The van der Waals surface area contributed by atoms with Crippen LogP contribution in [0.4, 0.5) is 0 Å². The van der Waals surface area contributed by atoms with Gasteiger partial charge < -0.3 is 5.11 Å². The van der Waals surface area contributed by atoms with Crippen LogP contribution < -0.4 is 10.4 Å². The fraction of sp³-hybridized carbons (Fsp3) is 0.267. The third-order valence-electron chi connectivity index (χ3n) is 4.05. The number of hydrogen-bond donors (Lipinski definition) is 1. The van der Waals surface area contributed by atoms with Crippen molar-refractivity contribution in [2.75, 3.05) is 6.54 Å². The molecule has 0 aromatic heterocycles. The Morgan fingerprint density at radius 3 is 3.12 bits per heavy atom. The van der Waals surface area contributed by atoms with Crippen molar-refractivity contribution in [1.29, 1.82) is 0 Å².